The van der Waals surface area contributed by atoms with E-state index in [1.807, 2.05) is 30.3 Å². The first kappa shape index (κ1) is 18.5. The van der Waals surface area contributed by atoms with Crippen molar-refractivity contribution in [1.82, 2.24) is 0 Å². The minimum Gasteiger partial charge on any atom is -0.481 e. The average molecular weight is 334 g/mol. The van der Waals surface area contributed by atoms with Gasteiger partial charge in [-0.15, -0.1) is 0 Å². The number of hydrogen-bond acceptors (Lipinski definition) is 3. The van der Waals surface area contributed by atoms with Gasteiger partial charge in [-0.05, 0) is 30.2 Å². The third-order valence-corrected chi connectivity index (χ3v) is 5.33. The summed E-state index contributed by atoms with van der Waals surface area (Å²) in [6.07, 6.45) is 1.81. The molecule has 0 heterocycles. The van der Waals surface area contributed by atoms with E-state index in [0.29, 0.717) is 25.9 Å². The van der Waals surface area contributed by atoms with E-state index in [4.69, 9.17) is 4.74 Å². The van der Waals surface area contributed by atoms with Crippen LogP contribution in [0.5, 0.6) is 0 Å². The molecule has 3 unspecified atom stereocenters. The maximum absolute atomic E-state index is 12.0. The molecule has 1 aliphatic rings. The minimum absolute atomic E-state index is 0.243. The normalized spacial score (nSPS) is 27.1. The van der Waals surface area contributed by atoms with Gasteiger partial charge in [0.1, 0.15) is 0 Å². The highest BCUT2D eigenvalue weighted by molar-refractivity contribution is 5.84. The van der Waals surface area contributed by atoms with Crippen molar-refractivity contribution in [2.24, 2.45) is 23.2 Å². The second kappa shape index (κ2) is 7.79. The maximum Gasteiger partial charge on any atom is 0.310 e. The van der Waals surface area contributed by atoms with Crippen molar-refractivity contribution in [3.05, 3.63) is 35.9 Å². The first-order valence-electron chi connectivity index (χ1n) is 8.47. The van der Waals surface area contributed by atoms with Crippen molar-refractivity contribution in [3.8, 4) is 0 Å². The van der Waals surface area contributed by atoms with Gasteiger partial charge in [0.2, 0.25) is 0 Å². The molecule has 1 fully saturated rings. The molecule has 3 atom stereocenters. The topological polar surface area (TPSA) is 83.8 Å². The monoisotopic (exact) mass is 334 g/mol. The third-order valence-electron chi connectivity index (χ3n) is 5.33. The molecule has 24 heavy (non-hydrogen) atoms. The standard InChI is InChI=1S/C19H26O5/c1-13(2)19(18(22)23)10-6-9-15(16(19)17(20)21)12-24-11-14-7-4-3-5-8-14/h3-5,7-8,13,15-16H,6,9-12H2,1-2H3,(H,20,21)(H,22,23). The lowest BCUT2D eigenvalue weighted by atomic mass is 9.57. The first-order chi connectivity index (χ1) is 11.4. The summed E-state index contributed by atoms with van der Waals surface area (Å²) in [5, 5.41) is 19.5. The van der Waals surface area contributed by atoms with Crippen molar-refractivity contribution in [1.29, 1.82) is 0 Å². The lowest BCUT2D eigenvalue weighted by Gasteiger charge is -2.45. The number of benzene rings is 1. The summed E-state index contributed by atoms with van der Waals surface area (Å²) in [6, 6.07) is 9.67. The lowest BCUT2D eigenvalue weighted by molar-refractivity contribution is -0.176. The van der Waals surface area contributed by atoms with E-state index in [9.17, 15) is 19.8 Å². The van der Waals surface area contributed by atoms with E-state index < -0.39 is 23.3 Å². The van der Waals surface area contributed by atoms with Crippen LogP contribution in [0.1, 0.15) is 38.7 Å². The predicted octanol–water partition coefficient (Wildman–Crippen LogP) is 3.43. The van der Waals surface area contributed by atoms with Crippen molar-refractivity contribution >= 4 is 11.9 Å². The largest absolute Gasteiger partial charge is 0.481 e. The van der Waals surface area contributed by atoms with Gasteiger partial charge in [-0.1, -0.05) is 50.6 Å². The minimum atomic E-state index is -1.22. The number of carboxylic acid groups (broad SMARTS) is 2. The quantitative estimate of drug-likeness (QED) is 0.798. The zero-order chi connectivity index (χ0) is 17.7. The summed E-state index contributed by atoms with van der Waals surface area (Å²) in [4.78, 5) is 23.9. The summed E-state index contributed by atoms with van der Waals surface area (Å²) >= 11 is 0. The highest BCUT2D eigenvalue weighted by atomic mass is 16.5. The molecule has 132 valence electrons. The summed E-state index contributed by atoms with van der Waals surface area (Å²) in [5.74, 6) is -3.47. The SMILES string of the molecule is CC(C)C1(C(=O)O)CCCC(COCc2ccccc2)C1C(=O)O. The molecule has 5 nitrogen and oxygen atoms in total. The van der Waals surface area contributed by atoms with Gasteiger partial charge < -0.3 is 14.9 Å². The lowest BCUT2D eigenvalue weighted by Crippen LogP contribution is -2.52. The number of carboxylic acids is 2. The molecule has 2 rings (SSSR count). The molecule has 0 bridgehead atoms. The van der Waals surface area contributed by atoms with Crippen molar-refractivity contribution < 1.29 is 24.5 Å². The maximum atomic E-state index is 12.0. The molecule has 0 saturated heterocycles. The second-order valence-corrected chi connectivity index (χ2v) is 6.97. The number of rotatable bonds is 7. The fourth-order valence-corrected chi connectivity index (χ4v) is 4.04. The second-order valence-electron chi connectivity index (χ2n) is 6.97. The Hall–Kier alpha value is -1.88. The fourth-order valence-electron chi connectivity index (χ4n) is 4.04. The molecule has 1 aromatic rings. The zero-order valence-corrected chi connectivity index (χ0v) is 14.3. The van der Waals surface area contributed by atoms with Gasteiger partial charge in [0, 0.05) is 0 Å². The summed E-state index contributed by atoms with van der Waals surface area (Å²) < 4.78 is 5.74. The third kappa shape index (κ3) is 3.61. The van der Waals surface area contributed by atoms with E-state index in [1.165, 1.54) is 0 Å². The van der Waals surface area contributed by atoms with Gasteiger partial charge in [0.05, 0.1) is 24.5 Å². The highest BCUT2D eigenvalue weighted by Gasteiger charge is 2.56. The van der Waals surface area contributed by atoms with Crippen LogP contribution in [0, 0.1) is 23.2 Å². The predicted molar refractivity (Wildman–Crippen MR) is 89.5 cm³/mol. The Morgan fingerprint density at radius 3 is 2.46 bits per heavy atom. The summed E-state index contributed by atoms with van der Waals surface area (Å²) in [7, 11) is 0. The Morgan fingerprint density at radius 2 is 1.92 bits per heavy atom. The van der Waals surface area contributed by atoms with Crippen LogP contribution < -0.4 is 0 Å². The van der Waals surface area contributed by atoms with Crippen LogP contribution in [0.4, 0.5) is 0 Å². The Bertz CT molecular complexity index is 568. The smallest absolute Gasteiger partial charge is 0.310 e. The molecular formula is C19H26O5. The van der Waals surface area contributed by atoms with Gasteiger partial charge in [-0.3, -0.25) is 9.59 Å². The Balaban J connectivity index is 2.13. The van der Waals surface area contributed by atoms with Gasteiger partial charge >= 0.3 is 11.9 Å². The van der Waals surface area contributed by atoms with Gasteiger partial charge in [-0.25, -0.2) is 0 Å². The van der Waals surface area contributed by atoms with Crippen molar-refractivity contribution in [2.45, 2.75) is 39.7 Å². The van der Waals surface area contributed by atoms with Crippen LogP contribution in [0.25, 0.3) is 0 Å². The average Bonchev–Trinajstić information content (AvgIpc) is 2.54. The highest BCUT2D eigenvalue weighted by Crippen LogP contribution is 2.50. The van der Waals surface area contributed by atoms with Gasteiger partial charge in [0.25, 0.3) is 0 Å². The molecule has 0 radical (unpaired) electrons. The molecule has 1 saturated carbocycles. The van der Waals surface area contributed by atoms with E-state index in [2.05, 4.69) is 0 Å². The Labute approximate surface area is 142 Å². The first-order valence-corrected chi connectivity index (χ1v) is 8.47. The molecule has 1 aliphatic carbocycles. The van der Waals surface area contributed by atoms with Crippen LogP contribution in [-0.4, -0.2) is 28.8 Å². The number of ether oxygens (including phenoxy) is 1. The molecular weight excluding hydrogens is 308 g/mol. The van der Waals surface area contributed by atoms with E-state index in [1.54, 1.807) is 13.8 Å². The summed E-state index contributed by atoms with van der Waals surface area (Å²) in [6.45, 7) is 4.29. The molecule has 5 heteroatoms. The van der Waals surface area contributed by atoms with Crippen molar-refractivity contribution in [3.63, 3.8) is 0 Å². The number of aliphatic carboxylic acids is 2. The Morgan fingerprint density at radius 1 is 1.25 bits per heavy atom. The molecule has 0 aromatic heterocycles. The van der Waals surface area contributed by atoms with Crippen LogP contribution >= 0.6 is 0 Å². The zero-order valence-electron chi connectivity index (χ0n) is 14.3. The molecule has 1 aromatic carbocycles. The summed E-state index contributed by atoms with van der Waals surface area (Å²) in [5.41, 5.74) is -0.196. The van der Waals surface area contributed by atoms with Crippen LogP contribution in [-0.2, 0) is 20.9 Å². The van der Waals surface area contributed by atoms with Crippen LogP contribution in [0.15, 0.2) is 30.3 Å². The van der Waals surface area contributed by atoms with E-state index in [-0.39, 0.29) is 18.4 Å². The van der Waals surface area contributed by atoms with Gasteiger partial charge in [-0.2, -0.15) is 0 Å². The number of hydrogen-bond donors (Lipinski definition) is 2. The van der Waals surface area contributed by atoms with E-state index >= 15 is 0 Å². The van der Waals surface area contributed by atoms with Crippen LogP contribution in [0.2, 0.25) is 0 Å². The van der Waals surface area contributed by atoms with Crippen molar-refractivity contribution in [2.75, 3.05) is 6.61 Å². The van der Waals surface area contributed by atoms with Gasteiger partial charge in [0.15, 0.2) is 0 Å². The fraction of sp³-hybridized carbons (Fsp3) is 0.579. The molecule has 0 amide bonds. The molecule has 0 spiro atoms. The molecule has 2 N–H and O–H groups in total. The van der Waals surface area contributed by atoms with Crippen LogP contribution in [0.3, 0.4) is 0 Å². The number of carbonyl (C=O) groups is 2. The van der Waals surface area contributed by atoms with E-state index in [0.717, 1.165) is 5.56 Å². The Kier molecular flexibility index (Phi) is 5.99. The molecule has 0 aliphatic heterocycles.